The molecule has 1 atom stereocenters. The van der Waals surface area contributed by atoms with Crippen LogP contribution in [0.1, 0.15) is 20.3 Å². The third-order valence-corrected chi connectivity index (χ3v) is 1.76. The van der Waals surface area contributed by atoms with Gasteiger partial charge in [0.1, 0.15) is 0 Å². The lowest BCUT2D eigenvalue weighted by atomic mass is 9.98. The molecule has 1 saturated heterocycles. The summed E-state index contributed by atoms with van der Waals surface area (Å²) in [6, 6.07) is 0. The van der Waals surface area contributed by atoms with Crippen LogP contribution >= 0.6 is 0 Å². The first-order chi connectivity index (χ1) is 4.51. The summed E-state index contributed by atoms with van der Waals surface area (Å²) < 4.78 is 5.23. The number of rotatable bonds is 1. The minimum absolute atomic E-state index is 0.233. The number of carboxylic acids is 1. The first kappa shape index (κ1) is 7.54. The van der Waals surface area contributed by atoms with Gasteiger partial charge in [-0.2, -0.15) is 0 Å². The standard InChI is InChI=1S/C7H12O3/c1-7(2)3-5(4-10-7)6(8)9/h5H,3-4H2,1-2H3,(H,8,9)/t5-/m0/s1. The Balaban J connectivity index is 2.51. The molecule has 1 heterocycles. The van der Waals surface area contributed by atoms with Crippen LogP contribution in [-0.2, 0) is 9.53 Å². The molecule has 0 aliphatic carbocycles. The van der Waals surface area contributed by atoms with E-state index in [2.05, 4.69) is 0 Å². The van der Waals surface area contributed by atoms with Gasteiger partial charge >= 0.3 is 5.97 Å². The van der Waals surface area contributed by atoms with Gasteiger partial charge in [0.05, 0.1) is 18.1 Å². The fourth-order valence-electron chi connectivity index (χ4n) is 1.20. The van der Waals surface area contributed by atoms with E-state index in [-0.39, 0.29) is 11.5 Å². The largest absolute Gasteiger partial charge is 0.481 e. The van der Waals surface area contributed by atoms with Gasteiger partial charge in [-0.1, -0.05) is 0 Å². The Hall–Kier alpha value is -0.570. The highest BCUT2D eigenvalue weighted by molar-refractivity contribution is 5.70. The monoisotopic (exact) mass is 144 g/mol. The van der Waals surface area contributed by atoms with Crippen LogP contribution in [0.25, 0.3) is 0 Å². The van der Waals surface area contributed by atoms with E-state index in [1.807, 2.05) is 13.8 Å². The maximum Gasteiger partial charge on any atom is 0.308 e. The molecule has 0 spiro atoms. The summed E-state index contributed by atoms with van der Waals surface area (Å²) in [7, 11) is 0. The number of ether oxygens (including phenoxy) is 1. The summed E-state index contributed by atoms with van der Waals surface area (Å²) in [6.45, 7) is 4.19. The molecule has 1 fully saturated rings. The van der Waals surface area contributed by atoms with Crippen LogP contribution in [0, 0.1) is 5.92 Å². The van der Waals surface area contributed by atoms with Crippen molar-refractivity contribution in [1.82, 2.24) is 0 Å². The Kier molecular flexibility index (Phi) is 1.68. The number of carboxylic acid groups (broad SMARTS) is 1. The van der Waals surface area contributed by atoms with Gasteiger partial charge < -0.3 is 9.84 Å². The molecule has 0 aromatic heterocycles. The first-order valence-electron chi connectivity index (χ1n) is 3.38. The van der Waals surface area contributed by atoms with Crippen molar-refractivity contribution in [2.24, 2.45) is 5.92 Å². The SMILES string of the molecule is CC1(C)C[C@H](C(=O)O)CO1. The molecule has 0 saturated carbocycles. The van der Waals surface area contributed by atoms with Crippen LogP contribution < -0.4 is 0 Å². The van der Waals surface area contributed by atoms with Gasteiger partial charge in [0, 0.05) is 0 Å². The minimum Gasteiger partial charge on any atom is -0.481 e. The molecular weight excluding hydrogens is 132 g/mol. The van der Waals surface area contributed by atoms with Crippen molar-refractivity contribution in [3.05, 3.63) is 0 Å². The van der Waals surface area contributed by atoms with Crippen LogP contribution in [0.2, 0.25) is 0 Å². The van der Waals surface area contributed by atoms with E-state index in [0.717, 1.165) is 0 Å². The molecule has 1 aliphatic heterocycles. The molecule has 0 aromatic carbocycles. The average molecular weight is 144 g/mol. The van der Waals surface area contributed by atoms with E-state index in [0.29, 0.717) is 13.0 Å². The molecule has 0 unspecified atom stereocenters. The van der Waals surface area contributed by atoms with E-state index in [9.17, 15) is 4.79 Å². The molecule has 1 rings (SSSR count). The highest BCUT2D eigenvalue weighted by Crippen LogP contribution is 2.28. The molecule has 0 aromatic rings. The van der Waals surface area contributed by atoms with Gasteiger partial charge in [0.25, 0.3) is 0 Å². The van der Waals surface area contributed by atoms with Gasteiger partial charge in [-0.25, -0.2) is 0 Å². The number of carbonyl (C=O) groups is 1. The van der Waals surface area contributed by atoms with Crippen molar-refractivity contribution in [2.75, 3.05) is 6.61 Å². The maximum absolute atomic E-state index is 10.4. The predicted octanol–water partition coefficient (Wildman–Crippen LogP) is 0.886. The Labute approximate surface area is 60.0 Å². The maximum atomic E-state index is 10.4. The molecule has 58 valence electrons. The van der Waals surface area contributed by atoms with Crippen molar-refractivity contribution >= 4 is 5.97 Å². The lowest BCUT2D eigenvalue weighted by Gasteiger charge is -2.14. The van der Waals surface area contributed by atoms with Crippen molar-refractivity contribution < 1.29 is 14.6 Å². The highest BCUT2D eigenvalue weighted by Gasteiger charge is 2.35. The highest BCUT2D eigenvalue weighted by atomic mass is 16.5. The number of hydrogen-bond acceptors (Lipinski definition) is 2. The summed E-state index contributed by atoms with van der Waals surface area (Å²) in [5.41, 5.74) is -0.233. The van der Waals surface area contributed by atoms with Gasteiger partial charge in [-0.3, -0.25) is 4.79 Å². The van der Waals surface area contributed by atoms with E-state index >= 15 is 0 Å². The molecule has 1 aliphatic rings. The fraction of sp³-hybridized carbons (Fsp3) is 0.857. The van der Waals surface area contributed by atoms with Crippen molar-refractivity contribution in [3.63, 3.8) is 0 Å². The van der Waals surface area contributed by atoms with E-state index in [4.69, 9.17) is 9.84 Å². The van der Waals surface area contributed by atoms with Gasteiger partial charge in [-0.05, 0) is 20.3 Å². The smallest absolute Gasteiger partial charge is 0.308 e. The van der Waals surface area contributed by atoms with Crippen molar-refractivity contribution in [2.45, 2.75) is 25.9 Å². The summed E-state index contributed by atoms with van der Waals surface area (Å²) in [5.74, 6) is -1.04. The Morgan fingerprint density at radius 2 is 2.30 bits per heavy atom. The molecule has 0 amide bonds. The van der Waals surface area contributed by atoms with Crippen molar-refractivity contribution in [3.8, 4) is 0 Å². The zero-order chi connectivity index (χ0) is 7.78. The molecule has 0 radical (unpaired) electrons. The summed E-state index contributed by atoms with van der Waals surface area (Å²) >= 11 is 0. The van der Waals surface area contributed by atoms with Gasteiger partial charge in [0.2, 0.25) is 0 Å². The summed E-state index contributed by atoms with van der Waals surface area (Å²) in [5, 5.41) is 8.57. The van der Waals surface area contributed by atoms with E-state index < -0.39 is 5.97 Å². The Morgan fingerprint density at radius 1 is 1.70 bits per heavy atom. The van der Waals surface area contributed by atoms with Crippen LogP contribution in [0.5, 0.6) is 0 Å². The lowest BCUT2D eigenvalue weighted by molar-refractivity contribution is -0.141. The first-order valence-corrected chi connectivity index (χ1v) is 3.38. The third-order valence-electron chi connectivity index (χ3n) is 1.76. The predicted molar refractivity (Wildman–Crippen MR) is 35.8 cm³/mol. The molecule has 3 heteroatoms. The molecule has 1 N–H and O–H groups in total. The molecule has 0 bridgehead atoms. The zero-order valence-corrected chi connectivity index (χ0v) is 6.26. The second kappa shape index (κ2) is 2.23. The van der Waals surface area contributed by atoms with Crippen LogP contribution in [-0.4, -0.2) is 23.3 Å². The number of hydrogen-bond donors (Lipinski definition) is 1. The van der Waals surface area contributed by atoms with Crippen LogP contribution in [0.4, 0.5) is 0 Å². The van der Waals surface area contributed by atoms with Crippen molar-refractivity contribution in [1.29, 1.82) is 0 Å². The minimum atomic E-state index is -0.745. The van der Waals surface area contributed by atoms with Gasteiger partial charge in [-0.15, -0.1) is 0 Å². The third kappa shape index (κ3) is 1.48. The van der Waals surface area contributed by atoms with E-state index in [1.54, 1.807) is 0 Å². The molecule has 10 heavy (non-hydrogen) atoms. The normalized spacial score (nSPS) is 30.4. The van der Waals surface area contributed by atoms with Gasteiger partial charge in [0.15, 0.2) is 0 Å². The Bertz CT molecular complexity index is 151. The fourth-order valence-corrected chi connectivity index (χ4v) is 1.20. The summed E-state index contributed by atoms with van der Waals surface area (Å²) in [4.78, 5) is 10.4. The topological polar surface area (TPSA) is 46.5 Å². The second-order valence-corrected chi connectivity index (χ2v) is 3.31. The van der Waals surface area contributed by atoms with E-state index in [1.165, 1.54) is 0 Å². The lowest BCUT2D eigenvalue weighted by Crippen LogP contribution is -2.18. The quantitative estimate of drug-likeness (QED) is 0.594. The summed E-state index contributed by atoms with van der Waals surface area (Å²) in [6.07, 6.45) is 0.627. The zero-order valence-electron chi connectivity index (χ0n) is 6.26. The average Bonchev–Trinajstić information content (AvgIpc) is 2.10. The molecule has 3 nitrogen and oxygen atoms in total. The number of aliphatic carboxylic acids is 1. The second-order valence-electron chi connectivity index (χ2n) is 3.31. The Morgan fingerprint density at radius 3 is 2.50 bits per heavy atom. The molecular formula is C7H12O3. The van der Waals surface area contributed by atoms with Crippen LogP contribution in [0.15, 0.2) is 0 Å². The van der Waals surface area contributed by atoms with Crippen LogP contribution in [0.3, 0.4) is 0 Å².